The summed E-state index contributed by atoms with van der Waals surface area (Å²) in [6.07, 6.45) is 5.37. The molecule has 2 fully saturated rings. The molecule has 1 aliphatic carbocycles. The van der Waals surface area contributed by atoms with Gasteiger partial charge >= 0.3 is 0 Å². The number of hydrogen-bond donors (Lipinski definition) is 1. The molecule has 3 aliphatic rings. The lowest BCUT2D eigenvalue weighted by molar-refractivity contribution is -0.0952. The third kappa shape index (κ3) is 3.00. The number of pyridine rings is 2. The summed E-state index contributed by atoms with van der Waals surface area (Å²) in [4.78, 5) is 11.0. The highest BCUT2D eigenvalue weighted by Crippen LogP contribution is 2.38. The van der Waals surface area contributed by atoms with Gasteiger partial charge in [0.2, 0.25) is 5.88 Å². The Morgan fingerprint density at radius 3 is 2.73 bits per heavy atom. The first-order valence-corrected chi connectivity index (χ1v) is 10.1. The molecule has 6 rings (SSSR count). The van der Waals surface area contributed by atoms with E-state index in [1.54, 1.807) is 12.4 Å². The molecule has 154 valence electrons. The fourth-order valence-electron chi connectivity index (χ4n) is 4.29. The van der Waals surface area contributed by atoms with E-state index >= 15 is 0 Å². The topological polar surface area (TPSA) is 68.1 Å². The summed E-state index contributed by atoms with van der Waals surface area (Å²) >= 11 is 0. The number of anilines is 1. The van der Waals surface area contributed by atoms with Crippen molar-refractivity contribution in [2.75, 3.05) is 18.0 Å². The second-order valence-corrected chi connectivity index (χ2v) is 8.20. The van der Waals surface area contributed by atoms with E-state index in [0.717, 1.165) is 41.4 Å². The van der Waals surface area contributed by atoms with E-state index in [0.29, 0.717) is 12.5 Å². The molecule has 0 bridgehead atoms. The summed E-state index contributed by atoms with van der Waals surface area (Å²) in [6, 6.07) is 7.97. The normalized spacial score (nSPS) is 20.0. The van der Waals surface area contributed by atoms with Gasteiger partial charge in [0.05, 0.1) is 17.4 Å². The average Bonchev–Trinajstić information content (AvgIpc) is 3.14. The van der Waals surface area contributed by atoms with Crippen LogP contribution in [0.4, 0.5) is 14.6 Å². The van der Waals surface area contributed by atoms with E-state index in [1.165, 1.54) is 0 Å². The number of aromatic nitrogens is 4. The number of rotatable bonds is 4. The van der Waals surface area contributed by atoms with Gasteiger partial charge in [0.15, 0.2) is 0 Å². The van der Waals surface area contributed by atoms with E-state index in [1.807, 2.05) is 35.1 Å². The van der Waals surface area contributed by atoms with Crippen LogP contribution in [0.1, 0.15) is 18.4 Å². The summed E-state index contributed by atoms with van der Waals surface area (Å²) in [5.74, 6) is -0.990. The Morgan fingerprint density at radius 1 is 1.10 bits per heavy atom. The number of alkyl halides is 2. The monoisotopic (exact) mass is 410 g/mol. The van der Waals surface area contributed by atoms with Gasteiger partial charge in [-0.05, 0) is 24.3 Å². The minimum Gasteiger partial charge on any atom is -0.472 e. The van der Waals surface area contributed by atoms with Crippen molar-refractivity contribution in [1.82, 2.24) is 25.1 Å². The van der Waals surface area contributed by atoms with Crippen LogP contribution in [-0.2, 0) is 6.61 Å². The molecular formula is C21H20F2N6O. The SMILES string of the molecule is FC1(F)CC(NC2CN(c3ccc(-n4cc5c(n4)-c4cccnc4OC5)cn3)C2)C1. The summed E-state index contributed by atoms with van der Waals surface area (Å²) < 4.78 is 33.4. The fourth-order valence-corrected chi connectivity index (χ4v) is 4.29. The molecule has 0 atom stereocenters. The zero-order chi connectivity index (χ0) is 20.3. The van der Waals surface area contributed by atoms with Gasteiger partial charge in [-0.15, -0.1) is 0 Å². The van der Waals surface area contributed by atoms with Gasteiger partial charge in [-0.25, -0.2) is 23.4 Å². The maximum Gasteiger partial charge on any atom is 0.251 e. The second kappa shape index (κ2) is 6.46. The van der Waals surface area contributed by atoms with Gasteiger partial charge in [0, 0.05) is 56.0 Å². The number of ether oxygens (including phenoxy) is 1. The van der Waals surface area contributed by atoms with E-state index < -0.39 is 5.92 Å². The molecule has 1 N–H and O–H groups in total. The van der Waals surface area contributed by atoms with E-state index in [9.17, 15) is 8.78 Å². The van der Waals surface area contributed by atoms with Gasteiger partial charge in [-0.3, -0.25) is 0 Å². The lowest BCUT2D eigenvalue weighted by Crippen LogP contribution is -2.63. The molecule has 3 aromatic heterocycles. The zero-order valence-corrected chi connectivity index (χ0v) is 16.1. The molecule has 30 heavy (non-hydrogen) atoms. The predicted octanol–water partition coefficient (Wildman–Crippen LogP) is 2.80. The summed E-state index contributed by atoms with van der Waals surface area (Å²) in [5.41, 5.74) is 3.65. The Hall–Kier alpha value is -3.07. The van der Waals surface area contributed by atoms with Crippen LogP contribution in [0.2, 0.25) is 0 Å². The van der Waals surface area contributed by atoms with Crippen molar-refractivity contribution in [3.63, 3.8) is 0 Å². The average molecular weight is 410 g/mol. The first kappa shape index (κ1) is 17.8. The molecule has 5 heterocycles. The highest BCUT2D eigenvalue weighted by molar-refractivity contribution is 5.69. The molecule has 9 heteroatoms. The maximum absolute atomic E-state index is 13.0. The molecule has 0 radical (unpaired) electrons. The van der Waals surface area contributed by atoms with Gasteiger partial charge < -0.3 is 15.0 Å². The molecule has 0 aromatic carbocycles. The Labute approximate surface area is 171 Å². The minimum absolute atomic E-state index is 0.0458. The lowest BCUT2D eigenvalue weighted by atomic mass is 9.87. The highest BCUT2D eigenvalue weighted by atomic mass is 19.3. The van der Waals surface area contributed by atoms with Gasteiger partial charge in [-0.1, -0.05) is 0 Å². The van der Waals surface area contributed by atoms with Crippen LogP contribution in [-0.4, -0.2) is 50.8 Å². The van der Waals surface area contributed by atoms with Crippen molar-refractivity contribution in [2.24, 2.45) is 0 Å². The standard InChI is InChI=1S/C21H20F2N6O/c22-21(23)6-14(7-21)26-15-10-28(11-15)18-4-3-16(8-25-18)29-9-13-12-30-20-17(19(13)27-29)2-1-5-24-20/h1-5,8-9,14-15,26H,6-7,10-12H2. The first-order valence-electron chi connectivity index (χ1n) is 10.1. The molecular weight excluding hydrogens is 390 g/mol. The first-order chi connectivity index (χ1) is 14.5. The maximum atomic E-state index is 13.0. The Kier molecular flexibility index (Phi) is 3.83. The molecule has 0 amide bonds. The van der Waals surface area contributed by atoms with Crippen molar-refractivity contribution in [2.45, 2.75) is 37.5 Å². The summed E-state index contributed by atoms with van der Waals surface area (Å²) in [7, 11) is 0. The number of fused-ring (bicyclic) bond motifs is 3. The Balaban J connectivity index is 1.12. The number of halogens is 2. The summed E-state index contributed by atoms with van der Waals surface area (Å²) in [5, 5.41) is 8.02. The van der Waals surface area contributed by atoms with Crippen LogP contribution in [0, 0.1) is 0 Å². The van der Waals surface area contributed by atoms with Crippen molar-refractivity contribution in [1.29, 1.82) is 0 Å². The second-order valence-electron chi connectivity index (χ2n) is 8.20. The Bertz CT molecular complexity index is 1090. The predicted molar refractivity (Wildman–Crippen MR) is 106 cm³/mol. The molecule has 7 nitrogen and oxygen atoms in total. The minimum atomic E-state index is -2.48. The van der Waals surface area contributed by atoms with Crippen molar-refractivity contribution in [3.8, 4) is 22.8 Å². The van der Waals surface area contributed by atoms with Crippen LogP contribution in [0.3, 0.4) is 0 Å². The number of hydrogen-bond acceptors (Lipinski definition) is 6. The van der Waals surface area contributed by atoms with Crippen molar-refractivity contribution in [3.05, 3.63) is 48.4 Å². The van der Waals surface area contributed by atoms with E-state index in [2.05, 4.69) is 20.2 Å². The van der Waals surface area contributed by atoms with Crippen LogP contribution in [0.5, 0.6) is 5.88 Å². The van der Waals surface area contributed by atoms with Gasteiger partial charge in [-0.2, -0.15) is 5.10 Å². The fraction of sp³-hybridized carbons (Fsp3) is 0.381. The lowest BCUT2D eigenvalue weighted by Gasteiger charge is -2.45. The van der Waals surface area contributed by atoms with Crippen molar-refractivity contribution < 1.29 is 13.5 Å². The third-order valence-corrected chi connectivity index (χ3v) is 5.94. The molecule has 0 spiro atoms. The molecule has 3 aromatic rings. The molecule has 0 unspecified atom stereocenters. The Morgan fingerprint density at radius 2 is 1.97 bits per heavy atom. The van der Waals surface area contributed by atoms with Crippen LogP contribution < -0.4 is 15.0 Å². The smallest absolute Gasteiger partial charge is 0.251 e. The highest BCUT2D eigenvalue weighted by Gasteiger charge is 2.46. The number of nitrogens with one attached hydrogen (secondary N) is 1. The molecule has 2 aliphatic heterocycles. The van der Waals surface area contributed by atoms with Crippen molar-refractivity contribution >= 4 is 5.82 Å². The van der Waals surface area contributed by atoms with Gasteiger partial charge in [0.1, 0.15) is 18.1 Å². The largest absolute Gasteiger partial charge is 0.472 e. The van der Waals surface area contributed by atoms with E-state index in [-0.39, 0.29) is 24.9 Å². The molecule has 1 saturated carbocycles. The van der Waals surface area contributed by atoms with Crippen LogP contribution in [0.15, 0.2) is 42.9 Å². The molecule has 1 saturated heterocycles. The summed E-state index contributed by atoms with van der Waals surface area (Å²) in [6.45, 7) is 2.01. The zero-order valence-electron chi connectivity index (χ0n) is 16.1. The quantitative estimate of drug-likeness (QED) is 0.714. The van der Waals surface area contributed by atoms with Crippen LogP contribution >= 0.6 is 0 Å². The van der Waals surface area contributed by atoms with Gasteiger partial charge in [0.25, 0.3) is 5.92 Å². The third-order valence-electron chi connectivity index (χ3n) is 5.94. The van der Waals surface area contributed by atoms with E-state index in [4.69, 9.17) is 9.84 Å². The van der Waals surface area contributed by atoms with Crippen LogP contribution in [0.25, 0.3) is 16.9 Å². The number of nitrogens with zero attached hydrogens (tertiary/aromatic N) is 5.